The Bertz CT molecular complexity index is 773. The van der Waals surface area contributed by atoms with Gasteiger partial charge < -0.3 is 5.11 Å². The van der Waals surface area contributed by atoms with Crippen molar-refractivity contribution in [3.63, 3.8) is 0 Å². The van der Waals surface area contributed by atoms with Gasteiger partial charge >= 0.3 is 0 Å². The minimum Gasteiger partial charge on any atom is -0.383 e. The van der Waals surface area contributed by atoms with E-state index in [4.69, 9.17) is 0 Å². The number of aromatic nitrogens is 1. The second-order valence-electron chi connectivity index (χ2n) is 4.51. The molecule has 3 rings (SSSR count). The van der Waals surface area contributed by atoms with Gasteiger partial charge in [0, 0.05) is 22.7 Å². The Morgan fingerprint density at radius 3 is 2.65 bits per heavy atom. The zero-order valence-electron chi connectivity index (χ0n) is 10.4. The maximum atomic E-state index is 13.7. The molecule has 1 aromatic heterocycles. The van der Waals surface area contributed by atoms with Gasteiger partial charge in [-0.15, -0.1) is 0 Å². The number of nitrogens with zero attached hydrogens (tertiary/aromatic N) is 1. The molecule has 100 valence electrons. The molecule has 20 heavy (non-hydrogen) atoms. The van der Waals surface area contributed by atoms with Gasteiger partial charge in [0.2, 0.25) is 0 Å². The Hall–Kier alpha value is -2.33. The fraction of sp³-hybridized carbons (Fsp3) is 0.0625. The molecule has 0 aliphatic heterocycles. The highest BCUT2D eigenvalue weighted by atomic mass is 19.2. The molecule has 0 aliphatic rings. The highest BCUT2D eigenvalue weighted by Gasteiger charge is 2.18. The third kappa shape index (κ3) is 2.14. The summed E-state index contributed by atoms with van der Waals surface area (Å²) in [7, 11) is 0. The van der Waals surface area contributed by atoms with E-state index in [-0.39, 0.29) is 5.56 Å². The number of aliphatic hydroxyl groups is 1. The van der Waals surface area contributed by atoms with Gasteiger partial charge in [0.1, 0.15) is 6.10 Å². The van der Waals surface area contributed by atoms with Crippen molar-refractivity contribution in [3.05, 3.63) is 77.5 Å². The van der Waals surface area contributed by atoms with Gasteiger partial charge in [-0.25, -0.2) is 8.78 Å². The van der Waals surface area contributed by atoms with Crippen molar-refractivity contribution in [2.24, 2.45) is 0 Å². The van der Waals surface area contributed by atoms with Crippen molar-refractivity contribution < 1.29 is 13.9 Å². The van der Waals surface area contributed by atoms with Crippen LogP contribution < -0.4 is 0 Å². The first kappa shape index (κ1) is 12.7. The van der Waals surface area contributed by atoms with Crippen molar-refractivity contribution in [1.29, 1.82) is 0 Å². The van der Waals surface area contributed by atoms with Crippen molar-refractivity contribution in [2.45, 2.75) is 6.10 Å². The van der Waals surface area contributed by atoms with E-state index in [0.29, 0.717) is 5.56 Å². The maximum Gasteiger partial charge on any atom is 0.164 e. The Morgan fingerprint density at radius 2 is 1.80 bits per heavy atom. The number of para-hydroxylation sites is 1. The average molecular weight is 271 g/mol. The topological polar surface area (TPSA) is 33.1 Å². The first-order chi connectivity index (χ1) is 9.66. The Morgan fingerprint density at radius 1 is 1.00 bits per heavy atom. The van der Waals surface area contributed by atoms with E-state index in [0.717, 1.165) is 17.0 Å². The third-order valence-electron chi connectivity index (χ3n) is 3.20. The predicted molar refractivity (Wildman–Crippen MR) is 72.2 cm³/mol. The van der Waals surface area contributed by atoms with Gasteiger partial charge in [0.05, 0.1) is 5.52 Å². The van der Waals surface area contributed by atoms with Gasteiger partial charge in [-0.3, -0.25) is 4.98 Å². The Balaban J connectivity index is 2.08. The molecule has 3 aromatic rings. The van der Waals surface area contributed by atoms with Crippen molar-refractivity contribution in [2.75, 3.05) is 0 Å². The summed E-state index contributed by atoms with van der Waals surface area (Å²) >= 11 is 0. The van der Waals surface area contributed by atoms with Crippen LogP contribution in [-0.2, 0) is 0 Å². The minimum absolute atomic E-state index is 0.0953. The SMILES string of the molecule is OC(c1cnc2ccccc2c1)c1cccc(F)c1F. The van der Waals surface area contributed by atoms with E-state index in [1.165, 1.54) is 18.3 Å². The molecule has 1 atom stereocenters. The van der Waals surface area contributed by atoms with E-state index in [1.54, 1.807) is 6.07 Å². The summed E-state index contributed by atoms with van der Waals surface area (Å²) in [6.45, 7) is 0. The molecule has 0 fully saturated rings. The van der Waals surface area contributed by atoms with E-state index < -0.39 is 17.7 Å². The molecule has 2 aromatic carbocycles. The van der Waals surface area contributed by atoms with Crippen LogP contribution in [0.25, 0.3) is 10.9 Å². The number of pyridine rings is 1. The first-order valence-corrected chi connectivity index (χ1v) is 6.13. The maximum absolute atomic E-state index is 13.7. The molecule has 2 nitrogen and oxygen atoms in total. The van der Waals surface area contributed by atoms with Crippen LogP contribution >= 0.6 is 0 Å². The number of aliphatic hydroxyl groups excluding tert-OH is 1. The summed E-state index contributed by atoms with van der Waals surface area (Å²) in [4.78, 5) is 4.20. The minimum atomic E-state index is -1.25. The summed E-state index contributed by atoms with van der Waals surface area (Å²) < 4.78 is 26.9. The van der Waals surface area contributed by atoms with Gasteiger partial charge in [-0.1, -0.05) is 30.3 Å². The molecule has 0 saturated carbocycles. The molecular formula is C16H11F2NO. The third-order valence-corrected chi connectivity index (χ3v) is 3.20. The zero-order valence-corrected chi connectivity index (χ0v) is 10.4. The summed E-state index contributed by atoms with van der Waals surface area (Å²) in [5.41, 5.74) is 1.11. The Labute approximate surface area is 114 Å². The van der Waals surface area contributed by atoms with Gasteiger partial charge in [-0.05, 0) is 18.2 Å². The molecule has 0 radical (unpaired) electrons. The molecular weight excluding hydrogens is 260 g/mol. The second-order valence-corrected chi connectivity index (χ2v) is 4.51. The van der Waals surface area contributed by atoms with Crippen LogP contribution in [0.2, 0.25) is 0 Å². The summed E-state index contributed by atoms with van der Waals surface area (Å²) in [6, 6.07) is 12.9. The lowest BCUT2D eigenvalue weighted by Gasteiger charge is -2.13. The normalized spacial score (nSPS) is 12.6. The zero-order chi connectivity index (χ0) is 14.1. The van der Waals surface area contributed by atoms with Crippen LogP contribution in [0.15, 0.2) is 54.7 Å². The molecule has 0 amide bonds. The number of rotatable bonds is 2. The fourth-order valence-corrected chi connectivity index (χ4v) is 2.15. The lowest BCUT2D eigenvalue weighted by molar-refractivity contribution is 0.213. The summed E-state index contributed by atoms with van der Waals surface area (Å²) in [5.74, 6) is -2.01. The quantitative estimate of drug-likeness (QED) is 0.772. The highest BCUT2D eigenvalue weighted by Crippen LogP contribution is 2.26. The lowest BCUT2D eigenvalue weighted by atomic mass is 10.0. The van der Waals surface area contributed by atoms with Crippen molar-refractivity contribution >= 4 is 10.9 Å². The molecule has 0 saturated heterocycles. The number of benzene rings is 2. The smallest absolute Gasteiger partial charge is 0.164 e. The highest BCUT2D eigenvalue weighted by molar-refractivity contribution is 5.78. The van der Waals surface area contributed by atoms with Crippen LogP contribution in [0.4, 0.5) is 8.78 Å². The van der Waals surface area contributed by atoms with E-state index in [1.807, 2.05) is 24.3 Å². The van der Waals surface area contributed by atoms with Crippen LogP contribution in [0, 0.1) is 11.6 Å². The van der Waals surface area contributed by atoms with Gasteiger partial charge in [-0.2, -0.15) is 0 Å². The number of hydrogen-bond acceptors (Lipinski definition) is 2. The summed E-state index contributed by atoms with van der Waals surface area (Å²) in [6.07, 6.45) is 0.222. The number of fused-ring (bicyclic) bond motifs is 1. The monoisotopic (exact) mass is 271 g/mol. The predicted octanol–water partition coefficient (Wildman–Crippen LogP) is 3.59. The standard InChI is InChI=1S/C16H11F2NO/c17-13-6-3-5-12(15(13)18)16(20)11-8-10-4-1-2-7-14(10)19-9-11/h1-9,16,20H. The summed E-state index contributed by atoms with van der Waals surface area (Å²) in [5, 5.41) is 11.0. The Kier molecular flexibility index (Phi) is 3.16. The lowest BCUT2D eigenvalue weighted by Crippen LogP contribution is -2.04. The van der Waals surface area contributed by atoms with Gasteiger partial charge in [0.15, 0.2) is 11.6 Å². The molecule has 1 heterocycles. The molecule has 4 heteroatoms. The van der Waals surface area contributed by atoms with E-state index in [9.17, 15) is 13.9 Å². The molecule has 0 spiro atoms. The largest absolute Gasteiger partial charge is 0.383 e. The van der Waals surface area contributed by atoms with E-state index >= 15 is 0 Å². The molecule has 0 aliphatic carbocycles. The molecule has 0 bridgehead atoms. The van der Waals surface area contributed by atoms with E-state index in [2.05, 4.69) is 4.98 Å². The van der Waals surface area contributed by atoms with Gasteiger partial charge in [0.25, 0.3) is 0 Å². The first-order valence-electron chi connectivity index (χ1n) is 6.13. The number of halogens is 2. The second kappa shape index (κ2) is 4.98. The van der Waals surface area contributed by atoms with Crippen LogP contribution in [0.1, 0.15) is 17.2 Å². The fourth-order valence-electron chi connectivity index (χ4n) is 2.15. The molecule has 1 N–H and O–H groups in total. The number of hydrogen-bond donors (Lipinski definition) is 1. The molecule has 1 unspecified atom stereocenters. The van der Waals surface area contributed by atoms with Crippen LogP contribution in [0.5, 0.6) is 0 Å². The van der Waals surface area contributed by atoms with Crippen LogP contribution in [0.3, 0.4) is 0 Å². The van der Waals surface area contributed by atoms with Crippen molar-refractivity contribution in [3.8, 4) is 0 Å². The van der Waals surface area contributed by atoms with Crippen molar-refractivity contribution in [1.82, 2.24) is 4.98 Å². The average Bonchev–Trinajstić information content (AvgIpc) is 2.49. The van der Waals surface area contributed by atoms with Crippen LogP contribution in [-0.4, -0.2) is 10.1 Å².